The number of anilines is 1. The van der Waals surface area contributed by atoms with Crippen molar-refractivity contribution in [3.63, 3.8) is 0 Å². The lowest BCUT2D eigenvalue weighted by molar-refractivity contribution is -0.137. The van der Waals surface area contributed by atoms with Gasteiger partial charge in [0.25, 0.3) is 0 Å². The average molecular weight is 321 g/mol. The summed E-state index contributed by atoms with van der Waals surface area (Å²) in [6.07, 6.45) is 0.503. The SMILES string of the molecule is O=C(O)CCCC(=O)Nc1ccc(Cl)cc1Br. The summed E-state index contributed by atoms with van der Waals surface area (Å²) in [5.74, 6) is -1.11. The number of nitrogens with one attached hydrogen (secondary N) is 1. The molecule has 0 saturated carbocycles. The summed E-state index contributed by atoms with van der Waals surface area (Å²) < 4.78 is 0.691. The smallest absolute Gasteiger partial charge is 0.303 e. The standard InChI is InChI=1S/C11H11BrClNO3/c12-8-6-7(13)4-5-9(8)14-10(15)2-1-3-11(16)17/h4-6H,1-3H2,(H,14,15)(H,16,17). The maximum Gasteiger partial charge on any atom is 0.303 e. The number of carboxylic acids is 1. The largest absolute Gasteiger partial charge is 0.481 e. The van der Waals surface area contributed by atoms with Crippen LogP contribution >= 0.6 is 27.5 Å². The van der Waals surface area contributed by atoms with E-state index in [1.165, 1.54) is 0 Å². The first-order valence-electron chi connectivity index (χ1n) is 4.95. The van der Waals surface area contributed by atoms with Gasteiger partial charge in [0.15, 0.2) is 0 Å². The summed E-state index contributed by atoms with van der Waals surface area (Å²) in [7, 11) is 0. The van der Waals surface area contributed by atoms with Gasteiger partial charge >= 0.3 is 5.97 Å². The summed E-state index contributed by atoms with van der Waals surface area (Å²) in [5, 5.41) is 11.7. The predicted molar refractivity (Wildman–Crippen MR) is 69.3 cm³/mol. The van der Waals surface area contributed by atoms with Crippen LogP contribution in [0.2, 0.25) is 5.02 Å². The molecule has 0 saturated heterocycles. The fourth-order valence-corrected chi connectivity index (χ4v) is 1.99. The summed E-state index contributed by atoms with van der Waals surface area (Å²) in [4.78, 5) is 21.8. The van der Waals surface area contributed by atoms with E-state index in [1.54, 1.807) is 18.2 Å². The van der Waals surface area contributed by atoms with Gasteiger partial charge in [-0.1, -0.05) is 11.6 Å². The molecular formula is C11H11BrClNO3. The minimum Gasteiger partial charge on any atom is -0.481 e. The minimum atomic E-state index is -0.898. The van der Waals surface area contributed by atoms with Crippen molar-refractivity contribution in [3.05, 3.63) is 27.7 Å². The number of carbonyl (C=O) groups is 2. The number of hydrogen-bond acceptors (Lipinski definition) is 2. The molecule has 0 radical (unpaired) electrons. The molecule has 1 aromatic carbocycles. The van der Waals surface area contributed by atoms with Crippen molar-refractivity contribution >= 4 is 45.1 Å². The number of carboxylic acid groups (broad SMARTS) is 1. The van der Waals surface area contributed by atoms with Crippen LogP contribution in [0.15, 0.2) is 22.7 Å². The maximum atomic E-state index is 11.5. The molecule has 0 unspecified atom stereocenters. The lowest BCUT2D eigenvalue weighted by Crippen LogP contribution is -2.12. The highest BCUT2D eigenvalue weighted by molar-refractivity contribution is 9.10. The average Bonchev–Trinajstić information content (AvgIpc) is 2.21. The Morgan fingerprint density at radius 1 is 1.35 bits per heavy atom. The van der Waals surface area contributed by atoms with E-state index in [1.807, 2.05) is 0 Å². The van der Waals surface area contributed by atoms with Gasteiger partial charge in [0.2, 0.25) is 5.91 Å². The predicted octanol–water partition coefficient (Wildman–Crippen LogP) is 3.30. The molecule has 0 aliphatic heterocycles. The second kappa shape index (κ2) is 6.61. The molecule has 1 rings (SSSR count). The molecule has 92 valence electrons. The second-order valence-corrected chi connectivity index (χ2v) is 4.71. The Bertz CT molecular complexity index is 437. The van der Waals surface area contributed by atoms with Gasteiger partial charge in [-0.15, -0.1) is 0 Å². The van der Waals surface area contributed by atoms with Crippen LogP contribution in [0.5, 0.6) is 0 Å². The molecule has 4 nitrogen and oxygen atoms in total. The second-order valence-electron chi connectivity index (χ2n) is 3.42. The van der Waals surface area contributed by atoms with E-state index in [9.17, 15) is 9.59 Å². The first-order chi connectivity index (χ1) is 7.99. The molecule has 0 heterocycles. The van der Waals surface area contributed by atoms with E-state index in [0.717, 1.165) is 0 Å². The van der Waals surface area contributed by atoms with Crippen molar-refractivity contribution in [2.45, 2.75) is 19.3 Å². The number of amides is 1. The van der Waals surface area contributed by atoms with E-state index < -0.39 is 5.97 Å². The van der Waals surface area contributed by atoms with Gasteiger partial charge in [0, 0.05) is 22.3 Å². The molecule has 2 N–H and O–H groups in total. The van der Waals surface area contributed by atoms with Crippen LogP contribution in [-0.2, 0) is 9.59 Å². The first kappa shape index (κ1) is 14.0. The molecule has 0 aromatic heterocycles. The van der Waals surface area contributed by atoms with Crippen molar-refractivity contribution < 1.29 is 14.7 Å². The van der Waals surface area contributed by atoms with Crippen molar-refractivity contribution in [3.8, 4) is 0 Å². The van der Waals surface area contributed by atoms with Gasteiger partial charge in [-0.25, -0.2) is 0 Å². The fraction of sp³-hybridized carbons (Fsp3) is 0.273. The summed E-state index contributed by atoms with van der Waals surface area (Å²) in [5.41, 5.74) is 0.620. The van der Waals surface area contributed by atoms with Gasteiger partial charge in [-0.2, -0.15) is 0 Å². The third-order valence-electron chi connectivity index (χ3n) is 2.00. The Morgan fingerprint density at radius 3 is 2.65 bits per heavy atom. The Kier molecular flexibility index (Phi) is 5.44. The zero-order chi connectivity index (χ0) is 12.8. The van der Waals surface area contributed by atoms with Gasteiger partial charge < -0.3 is 10.4 Å². The third-order valence-corrected chi connectivity index (χ3v) is 2.89. The molecule has 1 aromatic rings. The molecule has 0 aliphatic carbocycles. The first-order valence-corrected chi connectivity index (χ1v) is 6.13. The van der Waals surface area contributed by atoms with Crippen LogP contribution in [0, 0.1) is 0 Å². The fourth-order valence-electron chi connectivity index (χ4n) is 1.20. The topological polar surface area (TPSA) is 66.4 Å². The molecule has 0 fully saturated rings. The third kappa shape index (κ3) is 5.19. The molecule has 0 atom stereocenters. The summed E-state index contributed by atoms with van der Waals surface area (Å²) in [6, 6.07) is 5.02. The van der Waals surface area contributed by atoms with Crippen LogP contribution < -0.4 is 5.32 Å². The minimum absolute atomic E-state index is 0.00475. The van der Waals surface area contributed by atoms with Crippen molar-refractivity contribution in [2.24, 2.45) is 0 Å². The highest BCUT2D eigenvalue weighted by Gasteiger charge is 2.07. The van der Waals surface area contributed by atoms with Crippen LogP contribution in [0.4, 0.5) is 5.69 Å². The quantitative estimate of drug-likeness (QED) is 0.875. The Labute approximate surface area is 112 Å². The van der Waals surface area contributed by atoms with E-state index in [0.29, 0.717) is 21.6 Å². The molecule has 1 amide bonds. The number of halogens is 2. The van der Waals surface area contributed by atoms with Crippen molar-refractivity contribution in [1.29, 1.82) is 0 Å². The van der Waals surface area contributed by atoms with E-state index >= 15 is 0 Å². The van der Waals surface area contributed by atoms with Gasteiger partial charge in [-0.3, -0.25) is 9.59 Å². The van der Waals surface area contributed by atoms with E-state index in [-0.39, 0.29) is 18.7 Å². The highest BCUT2D eigenvalue weighted by atomic mass is 79.9. The normalized spacial score (nSPS) is 10.0. The Hall–Kier alpha value is -1.07. The van der Waals surface area contributed by atoms with Crippen LogP contribution in [0.25, 0.3) is 0 Å². The zero-order valence-electron chi connectivity index (χ0n) is 8.87. The Balaban J connectivity index is 2.48. The van der Waals surface area contributed by atoms with Crippen molar-refractivity contribution in [2.75, 3.05) is 5.32 Å². The zero-order valence-corrected chi connectivity index (χ0v) is 11.2. The van der Waals surface area contributed by atoms with Crippen LogP contribution in [0.3, 0.4) is 0 Å². The Morgan fingerprint density at radius 2 is 2.06 bits per heavy atom. The molecule has 0 spiro atoms. The van der Waals surface area contributed by atoms with Crippen LogP contribution in [0.1, 0.15) is 19.3 Å². The number of benzene rings is 1. The van der Waals surface area contributed by atoms with Gasteiger partial charge in [0.1, 0.15) is 0 Å². The molecule has 0 aliphatic rings. The van der Waals surface area contributed by atoms with E-state index in [2.05, 4.69) is 21.2 Å². The van der Waals surface area contributed by atoms with E-state index in [4.69, 9.17) is 16.7 Å². The lowest BCUT2D eigenvalue weighted by Gasteiger charge is -2.07. The van der Waals surface area contributed by atoms with Gasteiger partial charge in [-0.05, 0) is 40.5 Å². The maximum absolute atomic E-state index is 11.5. The highest BCUT2D eigenvalue weighted by Crippen LogP contribution is 2.25. The molecule has 0 bridgehead atoms. The summed E-state index contributed by atoms with van der Waals surface area (Å²) >= 11 is 9.04. The number of carbonyl (C=O) groups excluding carboxylic acids is 1. The number of rotatable bonds is 5. The summed E-state index contributed by atoms with van der Waals surface area (Å²) in [6.45, 7) is 0. The number of hydrogen-bond donors (Lipinski definition) is 2. The molecular weight excluding hydrogens is 309 g/mol. The molecule has 17 heavy (non-hydrogen) atoms. The molecule has 6 heteroatoms. The van der Waals surface area contributed by atoms with Crippen molar-refractivity contribution in [1.82, 2.24) is 0 Å². The monoisotopic (exact) mass is 319 g/mol. The van der Waals surface area contributed by atoms with Crippen LogP contribution in [-0.4, -0.2) is 17.0 Å². The number of aliphatic carboxylic acids is 1. The van der Waals surface area contributed by atoms with Gasteiger partial charge in [0.05, 0.1) is 5.69 Å². The lowest BCUT2D eigenvalue weighted by atomic mass is 10.2.